The van der Waals surface area contributed by atoms with Gasteiger partial charge in [-0.3, -0.25) is 4.90 Å². The van der Waals surface area contributed by atoms with Gasteiger partial charge in [0.15, 0.2) is 0 Å². The second kappa shape index (κ2) is 5.33. The summed E-state index contributed by atoms with van der Waals surface area (Å²) in [6, 6.07) is 1.53. The van der Waals surface area contributed by atoms with Crippen molar-refractivity contribution < 1.29 is 13.2 Å². The molecule has 1 aromatic rings. The second-order valence-electron chi connectivity index (χ2n) is 7.12. The fourth-order valence-corrected chi connectivity index (χ4v) is 4.30. The molecule has 0 amide bonds. The molecular weight excluding hydrogens is 305 g/mol. The minimum Gasteiger partial charge on any atom is -0.353 e. The van der Waals surface area contributed by atoms with Gasteiger partial charge in [-0.1, -0.05) is 6.42 Å². The van der Waals surface area contributed by atoms with Crippen molar-refractivity contribution in [1.82, 2.24) is 14.9 Å². The molecular formula is C16H21F3N4. The highest BCUT2D eigenvalue weighted by molar-refractivity contribution is 5.44. The van der Waals surface area contributed by atoms with Crippen molar-refractivity contribution in [2.45, 2.75) is 38.4 Å². The summed E-state index contributed by atoms with van der Waals surface area (Å²) in [5.74, 6) is 2.28. The minimum absolute atomic E-state index is 0.175. The molecule has 2 aliphatic heterocycles. The summed E-state index contributed by atoms with van der Waals surface area (Å²) in [6.07, 6.45) is -0.366. The zero-order valence-corrected chi connectivity index (χ0v) is 13.2. The van der Waals surface area contributed by atoms with Crippen LogP contribution < -0.4 is 4.90 Å². The molecule has 1 saturated carbocycles. The highest BCUT2D eigenvalue weighted by Crippen LogP contribution is 2.40. The van der Waals surface area contributed by atoms with Gasteiger partial charge in [0.25, 0.3) is 0 Å². The van der Waals surface area contributed by atoms with Gasteiger partial charge in [0.2, 0.25) is 0 Å². The van der Waals surface area contributed by atoms with Crippen LogP contribution >= 0.6 is 0 Å². The molecule has 0 spiro atoms. The van der Waals surface area contributed by atoms with E-state index in [1.807, 2.05) is 4.90 Å². The van der Waals surface area contributed by atoms with Crippen LogP contribution in [0.3, 0.4) is 0 Å². The Hall–Kier alpha value is -1.37. The van der Waals surface area contributed by atoms with E-state index >= 15 is 0 Å². The van der Waals surface area contributed by atoms with E-state index in [1.54, 1.807) is 0 Å². The van der Waals surface area contributed by atoms with Crippen LogP contribution in [0.4, 0.5) is 19.0 Å². The fourth-order valence-electron chi connectivity index (χ4n) is 4.30. The predicted molar refractivity (Wildman–Crippen MR) is 80.2 cm³/mol. The van der Waals surface area contributed by atoms with E-state index in [9.17, 15) is 13.2 Å². The number of halogens is 3. The maximum Gasteiger partial charge on any atom is 0.433 e. The Balaban J connectivity index is 1.41. The van der Waals surface area contributed by atoms with Crippen LogP contribution in [0.1, 0.15) is 30.8 Å². The van der Waals surface area contributed by atoms with Crippen LogP contribution in [0.15, 0.2) is 6.07 Å². The molecule has 2 atom stereocenters. The fraction of sp³-hybridized carbons (Fsp3) is 0.750. The third-order valence-electron chi connectivity index (χ3n) is 5.57. The van der Waals surface area contributed by atoms with Gasteiger partial charge in [0.1, 0.15) is 17.3 Å². The lowest BCUT2D eigenvalue weighted by molar-refractivity contribution is -0.141. The monoisotopic (exact) mass is 326 g/mol. The van der Waals surface area contributed by atoms with Crippen molar-refractivity contribution in [2.24, 2.45) is 11.8 Å². The molecule has 1 aromatic heterocycles. The van der Waals surface area contributed by atoms with Gasteiger partial charge in [-0.15, -0.1) is 0 Å². The topological polar surface area (TPSA) is 32.3 Å². The summed E-state index contributed by atoms with van der Waals surface area (Å²) in [4.78, 5) is 12.2. The number of aromatic nitrogens is 2. The highest BCUT2D eigenvalue weighted by atomic mass is 19.4. The first-order valence-electron chi connectivity index (χ1n) is 8.32. The summed E-state index contributed by atoms with van der Waals surface area (Å²) in [7, 11) is 0. The summed E-state index contributed by atoms with van der Waals surface area (Å²) in [5.41, 5.74) is -0.848. The average molecular weight is 326 g/mol. The van der Waals surface area contributed by atoms with Crippen LogP contribution in [-0.4, -0.2) is 47.1 Å². The quantitative estimate of drug-likeness (QED) is 0.836. The summed E-state index contributed by atoms with van der Waals surface area (Å²) in [6.45, 7) is 5.39. The molecule has 4 rings (SSSR count). The molecule has 0 radical (unpaired) electrons. The number of likely N-dealkylation sites (tertiary alicyclic amines) is 1. The van der Waals surface area contributed by atoms with Crippen LogP contribution in [0.2, 0.25) is 0 Å². The summed E-state index contributed by atoms with van der Waals surface area (Å²) >= 11 is 0. The zero-order chi connectivity index (χ0) is 16.2. The second-order valence-corrected chi connectivity index (χ2v) is 7.12. The lowest BCUT2D eigenvalue weighted by Gasteiger charge is -2.45. The van der Waals surface area contributed by atoms with Crippen molar-refractivity contribution in [3.63, 3.8) is 0 Å². The Bertz CT molecular complexity index is 585. The molecule has 0 N–H and O–H groups in total. The van der Waals surface area contributed by atoms with Gasteiger partial charge in [-0.05, 0) is 31.6 Å². The summed E-state index contributed by atoms with van der Waals surface area (Å²) in [5, 5.41) is 0. The Morgan fingerprint density at radius 2 is 1.70 bits per heavy atom. The Labute approximate surface area is 133 Å². The molecule has 0 aromatic carbocycles. The standard InChI is InChI=1S/C16H21F3N4/c1-10-20-14(16(17,18)19)5-15(21-10)23-8-13(9-23)22-6-11-3-2-4-12(11)7-22/h5,11-13H,2-4,6-9H2,1H3. The van der Waals surface area contributed by atoms with Gasteiger partial charge < -0.3 is 4.90 Å². The maximum atomic E-state index is 12.9. The molecule has 126 valence electrons. The SMILES string of the molecule is Cc1nc(N2CC(N3CC4CCCC4C3)C2)cc(C(F)(F)F)n1. The van der Waals surface area contributed by atoms with Gasteiger partial charge in [0, 0.05) is 38.3 Å². The first-order valence-corrected chi connectivity index (χ1v) is 8.32. The van der Waals surface area contributed by atoms with Crippen molar-refractivity contribution >= 4 is 5.82 Å². The molecule has 2 saturated heterocycles. The maximum absolute atomic E-state index is 12.9. The molecule has 3 aliphatic rings. The van der Waals surface area contributed by atoms with Crippen LogP contribution in [0, 0.1) is 18.8 Å². The van der Waals surface area contributed by atoms with Crippen LogP contribution in [0.25, 0.3) is 0 Å². The molecule has 7 heteroatoms. The van der Waals surface area contributed by atoms with Crippen molar-refractivity contribution in [2.75, 3.05) is 31.1 Å². The highest BCUT2D eigenvalue weighted by Gasteiger charge is 2.43. The Kier molecular flexibility index (Phi) is 3.51. The minimum atomic E-state index is -4.42. The van der Waals surface area contributed by atoms with E-state index in [4.69, 9.17) is 0 Å². The number of hydrogen-bond acceptors (Lipinski definition) is 4. The third kappa shape index (κ3) is 2.79. The lowest BCUT2D eigenvalue weighted by Crippen LogP contribution is -2.59. The van der Waals surface area contributed by atoms with E-state index in [2.05, 4.69) is 14.9 Å². The van der Waals surface area contributed by atoms with E-state index in [0.717, 1.165) is 31.0 Å². The number of alkyl halides is 3. The summed E-state index contributed by atoms with van der Waals surface area (Å²) < 4.78 is 38.6. The Morgan fingerprint density at radius 3 is 2.30 bits per heavy atom. The predicted octanol–water partition coefficient (Wildman–Crippen LogP) is 2.72. The first-order chi connectivity index (χ1) is 10.9. The smallest absolute Gasteiger partial charge is 0.353 e. The number of nitrogens with zero attached hydrogens (tertiary/aromatic N) is 4. The molecule has 23 heavy (non-hydrogen) atoms. The van der Waals surface area contributed by atoms with Crippen LogP contribution in [-0.2, 0) is 6.18 Å². The lowest BCUT2D eigenvalue weighted by atomic mass is 10.0. The molecule has 0 bridgehead atoms. The van der Waals surface area contributed by atoms with E-state index in [1.165, 1.54) is 39.3 Å². The molecule has 4 nitrogen and oxygen atoms in total. The first kappa shape index (κ1) is 15.2. The van der Waals surface area contributed by atoms with E-state index < -0.39 is 11.9 Å². The zero-order valence-electron chi connectivity index (χ0n) is 13.2. The number of anilines is 1. The van der Waals surface area contributed by atoms with Gasteiger partial charge in [0.05, 0.1) is 0 Å². The molecule has 2 unspecified atom stereocenters. The van der Waals surface area contributed by atoms with E-state index in [0.29, 0.717) is 11.9 Å². The molecule has 3 heterocycles. The van der Waals surface area contributed by atoms with Crippen LogP contribution in [0.5, 0.6) is 0 Å². The van der Waals surface area contributed by atoms with Gasteiger partial charge in [-0.25, -0.2) is 9.97 Å². The van der Waals surface area contributed by atoms with E-state index in [-0.39, 0.29) is 5.82 Å². The number of hydrogen-bond donors (Lipinski definition) is 0. The van der Waals surface area contributed by atoms with Gasteiger partial charge >= 0.3 is 6.18 Å². The molecule has 3 fully saturated rings. The normalized spacial score (nSPS) is 29.0. The van der Waals surface area contributed by atoms with Crippen molar-refractivity contribution in [3.05, 3.63) is 17.6 Å². The van der Waals surface area contributed by atoms with Gasteiger partial charge in [-0.2, -0.15) is 13.2 Å². The van der Waals surface area contributed by atoms with Crippen molar-refractivity contribution in [3.8, 4) is 0 Å². The third-order valence-corrected chi connectivity index (χ3v) is 5.57. The largest absolute Gasteiger partial charge is 0.433 e. The Morgan fingerprint density at radius 1 is 1.04 bits per heavy atom. The number of aryl methyl sites for hydroxylation is 1. The number of rotatable bonds is 2. The molecule has 1 aliphatic carbocycles. The average Bonchev–Trinajstić information content (AvgIpc) is 2.96. The van der Waals surface area contributed by atoms with Crippen molar-refractivity contribution in [1.29, 1.82) is 0 Å². The number of fused-ring (bicyclic) bond motifs is 1.